The summed E-state index contributed by atoms with van der Waals surface area (Å²) >= 11 is 1.77. The van der Waals surface area contributed by atoms with E-state index in [9.17, 15) is 0 Å². The van der Waals surface area contributed by atoms with E-state index in [0.717, 1.165) is 43.5 Å². The van der Waals surface area contributed by atoms with Gasteiger partial charge in [-0.1, -0.05) is 6.42 Å². The third kappa shape index (κ3) is 3.27. The van der Waals surface area contributed by atoms with Crippen molar-refractivity contribution in [1.29, 1.82) is 0 Å². The normalized spacial score (nSPS) is 21.5. The Hall–Kier alpha value is -1.24. The molecule has 0 atom stereocenters. The smallest absolute Gasteiger partial charge is 0.138 e. The fourth-order valence-electron chi connectivity index (χ4n) is 4.60. The van der Waals surface area contributed by atoms with Crippen LogP contribution in [0.5, 0.6) is 0 Å². The van der Waals surface area contributed by atoms with Crippen LogP contribution in [0, 0.1) is 13.8 Å². The van der Waals surface area contributed by atoms with Crippen molar-refractivity contribution in [2.45, 2.75) is 51.5 Å². The molecule has 0 spiro atoms. The van der Waals surface area contributed by atoms with Gasteiger partial charge in [-0.2, -0.15) is 0 Å². The maximum Gasteiger partial charge on any atom is 0.138 e. The largest absolute Gasteiger partial charge is 0.370 e. The second kappa shape index (κ2) is 7.17. The Labute approximate surface area is 153 Å². The number of ether oxygens (including phenoxy) is 1. The SMILES string of the molecule is Cc1sc2ncnc(NCC3([NH+]4CCOCC4)CCCCC3)c2c1C. The zero-order valence-corrected chi connectivity index (χ0v) is 16.2. The molecule has 1 saturated carbocycles. The molecule has 4 rings (SSSR count). The van der Waals surface area contributed by atoms with E-state index < -0.39 is 0 Å². The fraction of sp³-hybridized carbons (Fsp3) is 0.684. The first kappa shape index (κ1) is 17.2. The summed E-state index contributed by atoms with van der Waals surface area (Å²) < 4.78 is 5.61. The van der Waals surface area contributed by atoms with Gasteiger partial charge in [-0.15, -0.1) is 11.3 Å². The highest BCUT2D eigenvalue weighted by molar-refractivity contribution is 7.18. The van der Waals surface area contributed by atoms with Crippen LogP contribution in [-0.2, 0) is 4.74 Å². The van der Waals surface area contributed by atoms with Gasteiger partial charge in [0.2, 0.25) is 0 Å². The number of anilines is 1. The number of nitrogens with zero attached hydrogens (tertiary/aromatic N) is 2. The lowest BCUT2D eigenvalue weighted by Gasteiger charge is -2.45. The van der Waals surface area contributed by atoms with E-state index in [4.69, 9.17) is 4.74 Å². The number of aryl methyl sites for hydroxylation is 2. The highest BCUT2D eigenvalue weighted by Crippen LogP contribution is 2.33. The van der Waals surface area contributed by atoms with Gasteiger partial charge in [-0.3, -0.25) is 0 Å². The van der Waals surface area contributed by atoms with Crippen LogP contribution in [0.4, 0.5) is 5.82 Å². The van der Waals surface area contributed by atoms with Gasteiger partial charge in [0.25, 0.3) is 0 Å². The van der Waals surface area contributed by atoms with Gasteiger partial charge in [0.05, 0.1) is 25.1 Å². The van der Waals surface area contributed by atoms with Crippen LogP contribution in [0.2, 0.25) is 0 Å². The molecule has 0 amide bonds. The number of quaternary nitrogens is 1. The first-order valence-corrected chi connectivity index (χ1v) is 10.4. The summed E-state index contributed by atoms with van der Waals surface area (Å²) in [5.41, 5.74) is 1.65. The van der Waals surface area contributed by atoms with Gasteiger partial charge in [-0.05, 0) is 32.3 Å². The summed E-state index contributed by atoms with van der Waals surface area (Å²) in [6, 6.07) is 0. The standard InChI is InChI=1S/C19H28N4OS/c1-14-15(2)25-18-16(14)17(21-13-22-18)20-12-19(6-4-3-5-7-19)23-8-10-24-11-9-23/h13H,3-12H2,1-2H3,(H,20,21,22)/p+1. The molecule has 1 aliphatic heterocycles. The van der Waals surface area contributed by atoms with Crippen LogP contribution in [0.1, 0.15) is 42.5 Å². The maximum atomic E-state index is 5.61. The summed E-state index contributed by atoms with van der Waals surface area (Å²) in [5.74, 6) is 1.02. The van der Waals surface area contributed by atoms with E-state index in [1.54, 1.807) is 22.6 Å². The Kier molecular flexibility index (Phi) is 4.93. The van der Waals surface area contributed by atoms with Crippen molar-refractivity contribution in [3.63, 3.8) is 0 Å². The minimum Gasteiger partial charge on any atom is -0.370 e. The number of fused-ring (bicyclic) bond motifs is 1. The minimum atomic E-state index is 0.332. The molecule has 0 aromatic carbocycles. The van der Waals surface area contributed by atoms with E-state index >= 15 is 0 Å². The second-order valence-electron chi connectivity index (χ2n) is 7.60. The van der Waals surface area contributed by atoms with Crippen molar-refractivity contribution in [1.82, 2.24) is 9.97 Å². The van der Waals surface area contributed by atoms with E-state index in [-0.39, 0.29) is 0 Å². The van der Waals surface area contributed by atoms with Crippen LogP contribution in [0.3, 0.4) is 0 Å². The lowest BCUT2D eigenvalue weighted by Crippen LogP contribution is -3.22. The molecule has 0 bridgehead atoms. The number of thiophene rings is 1. The summed E-state index contributed by atoms with van der Waals surface area (Å²) in [4.78, 5) is 13.2. The number of rotatable bonds is 4. The second-order valence-corrected chi connectivity index (χ2v) is 8.80. The molecule has 2 aromatic heterocycles. The molecule has 3 heterocycles. The molecule has 0 radical (unpaired) electrons. The van der Waals surface area contributed by atoms with Crippen molar-refractivity contribution < 1.29 is 9.64 Å². The Balaban J connectivity index is 1.59. The molecule has 2 fully saturated rings. The zero-order chi connectivity index (χ0) is 17.3. The number of hydrogen-bond acceptors (Lipinski definition) is 5. The average molecular weight is 362 g/mol. The Morgan fingerprint density at radius 2 is 1.92 bits per heavy atom. The predicted octanol–water partition coefficient (Wildman–Crippen LogP) is 2.34. The molecular weight excluding hydrogens is 332 g/mol. The number of aromatic nitrogens is 2. The van der Waals surface area contributed by atoms with Crippen molar-refractivity contribution in [2.24, 2.45) is 0 Å². The van der Waals surface area contributed by atoms with Crippen molar-refractivity contribution >= 4 is 27.4 Å². The molecule has 6 heteroatoms. The molecule has 25 heavy (non-hydrogen) atoms. The summed E-state index contributed by atoms with van der Waals surface area (Å²) in [5, 5.41) is 4.96. The molecule has 2 aliphatic rings. The molecule has 2 N–H and O–H groups in total. The molecule has 1 saturated heterocycles. The molecule has 0 unspecified atom stereocenters. The third-order valence-corrected chi connectivity index (χ3v) is 7.33. The number of hydrogen-bond donors (Lipinski definition) is 2. The molecule has 1 aliphatic carbocycles. The van der Waals surface area contributed by atoms with Crippen molar-refractivity contribution in [3.05, 3.63) is 16.8 Å². The van der Waals surface area contributed by atoms with Gasteiger partial charge < -0.3 is 15.0 Å². The van der Waals surface area contributed by atoms with E-state index in [0.29, 0.717) is 5.54 Å². The summed E-state index contributed by atoms with van der Waals surface area (Å²) in [6.07, 6.45) is 8.40. The van der Waals surface area contributed by atoms with Crippen molar-refractivity contribution in [2.75, 3.05) is 38.2 Å². The van der Waals surface area contributed by atoms with E-state index in [2.05, 4.69) is 29.1 Å². The molecule has 2 aromatic rings. The van der Waals surface area contributed by atoms with Gasteiger partial charge in [0.15, 0.2) is 0 Å². The number of nitrogens with one attached hydrogen (secondary N) is 2. The summed E-state index contributed by atoms with van der Waals surface area (Å²) in [7, 11) is 0. The van der Waals surface area contributed by atoms with Gasteiger partial charge in [0, 0.05) is 17.7 Å². The van der Waals surface area contributed by atoms with Crippen LogP contribution in [0.15, 0.2) is 6.33 Å². The summed E-state index contributed by atoms with van der Waals surface area (Å²) in [6.45, 7) is 9.44. The molecular formula is C19H29N4OS+. The monoisotopic (exact) mass is 361 g/mol. The lowest BCUT2D eigenvalue weighted by atomic mass is 9.79. The number of morpholine rings is 1. The van der Waals surface area contributed by atoms with Crippen LogP contribution >= 0.6 is 11.3 Å². The topological polar surface area (TPSA) is 51.5 Å². The third-order valence-electron chi connectivity index (χ3n) is 6.22. The van der Waals surface area contributed by atoms with Gasteiger partial charge in [0.1, 0.15) is 35.6 Å². The maximum absolute atomic E-state index is 5.61. The van der Waals surface area contributed by atoms with Crippen LogP contribution < -0.4 is 10.2 Å². The van der Waals surface area contributed by atoms with E-state index in [1.165, 1.54) is 47.9 Å². The van der Waals surface area contributed by atoms with Crippen molar-refractivity contribution in [3.8, 4) is 0 Å². The molecule has 5 nitrogen and oxygen atoms in total. The first-order valence-electron chi connectivity index (χ1n) is 9.57. The Morgan fingerprint density at radius 3 is 2.68 bits per heavy atom. The molecule has 136 valence electrons. The Morgan fingerprint density at radius 1 is 1.16 bits per heavy atom. The minimum absolute atomic E-state index is 0.332. The van der Waals surface area contributed by atoms with Gasteiger partial charge in [-0.25, -0.2) is 9.97 Å². The van der Waals surface area contributed by atoms with Crippen LogP contribution in [-0.4, -0.2) is 48.4 Å². The Bertz CT molecular complexity index is 732. The average Bonchev–Trinajstić information content (AvgIpc) is 2.96. The zero-order valence-electron chi connectivity index (χ0n) is 15.4. The van der Waals surface area contributed by atoms with E-state index in [1.807, 2.05) is 0 Å². The fourth-order valence-corrected chi connectivity index (χ4v) is 5.60. The predicted molar refractivity (Wildman–Crippen MR) is 103 cm³/mol. The highest BCUT2D eigenvalue weighted by Gasteiger charge is 2.42. The lowest BCUT2D eigenvalue weighted by molar-refractivity contribution is -0.959. The highest BCUT2D eigenvalue weighted by atomic mass is 32.1. The quantitative estimate of drug-likeness (QED) is 0.878. The van der Waals surface area contributed by atoms with Crippen LogP contribution in [0.25, 0.3) is 10.2 Å². The first-order chi connectivity index (χ1) is 12.2. The van der Waals surface area contributed by atoms with Gasteiger partial charge >= 0.3 is 0 Å².